The summed E-state index contributed by atoms with van der Waals surface area (Å²) in [5, 5.41) is 0.290. The minimum atomic E-state index is -0.402. The lowest BCUT2D eigenvalue weighted by Crippen LogP contribution is -2.50. The van der Waals surface area contributed by atoms with E-state index in [-0.39, 0.29) is 17.2 Å². The summed E-state index contributed by atoms with van der Waals surface area (Å²) >= 11 is 3.14. The van der Waals surface area contributed by atoms with Gasteiger partial charge < -0.3 is 4.74 Å². The Morgan fingerprint density at radius 2 is 2.20 bits per heavy atom. The zero-order chi connectivity index (χ0) is 11.4. The van der Waals surface area contributed by atoms with E-state index in [1.165, 1.54) is 12.0 Å². The molecule has 0 aliphatic carbocycles. The summed E-state index contributed by atoms with van der Waals surface area (Å²) in [4.78, 5) is 24.6. The number of Topliss-reactive ketones (excluding diaryl/α,β-unsaturated/α-hetero) is 1. The van der Waals surface area contributed by atoms with Gasteiger partial charge in [0, 0.05) is 6.54 Å². The highest BCUT2D eigenvalue weighted by Gasteiger charge is 2.34. The first kappa shape index (κ1) is 12.5. The molecule has 15 heavy (non-hydrogen) atoms. The summed E-state index contributed by atoms with van der Waals surface area (Å²) in [5.74, 6) is 0.533. The molecule has 1 amide bonds. The number of amides is 1. The van der Waals surface area contributed by atoms with E-state index in [1.807, 2.05) is 0 Å². The van der Waals surface area contributed by atoms with Crippen LogP contribution in [-0.4, -0.2) is 41.8 Å². The summed E-state index contributed by atoms with van der Waals surface area (Å²) in [6.45, 7) is 2.71. The van der Waals surface area contributed by atoms with Crippen LogP contribution in [0.25, 0.3) is 0 Å². The van der Waals surface area contributed by atoms with Gasteiger partial charge in [0.1, 0.15) is 0 Å². The minimum Gasteiger partial charge on any atom is -0.453 e. The van der Waals surface area contributed by atoms with Gasteiger partial charge in [0.15, 0.2) is 5.78 Å². The van der Waals surface area contributed by atoms with Gasteiger partial charge in [-0.15, -0.1) is 0 Å². The predicted octanol–water partition coefficient (Wildman–Crippen LogP) is 1.82. The number of methoxy groups -OCH3 is 1. The third-order valence-electron chi connectivity index (χ3n) is 2.78. The molecule has 0 aromatic heterocycles. The van der Waals surface area contributed by atoms with E-state index in [2.05, 4.69) is 27.6 Å². The summed E-state index contributed by atoms with van der Waals surface area (Å²) in [6.07, 6.45) is 1.27. The first-order valence-electron chi connectivity index (χ1n) is 5.03. The van der Waals surface area contributed by atoms with E-state index < -0.39 is 6.09 Å². The first-order valence-corrected chi connectivity index (χ1v) is 6.15. The number of hydrogen-bond donors (Lipinski definition) is 0. The van der Waals surface area contributed by atoms with E-state index in [4.69, 9.17) is 0 Å². The van der Waals surface area contributed by atoms with Gasteiger partial charge in [0.05, 0.1) is 18.5 Å². The Bertz CT molecular complexity index is 257. The van der Waals surface area contributed by atoms with Gasteiger partial charge in [-0.25, -0.2) is 4.79 Å². The molecule has 4 nitrogen and oxygen atoms in total. The van der Waals surface area contributed by atoms with Crippen LogP contribution in [0.15, 0.2) is 0 Å². The largest absolute Gasteiger partial charge is 0.453 e. The van der Waals surface area contributed by atoms with Gasteiger partial charge in [-0.2, -0.15) is 0 Å². The number of halogens is 1. The lowest BCUT2D eigenvalue weighted by atomic mass is 9.91. The van der Waals surface area contributed by atoms with E-state index in [0.717, 1.165) is 12.8 Å². The zero-order valence-electron chi connectivity index (χ0n) is 9.03. The highest BCUT2D eigenvalue weighted by atomic mass is 79.9. The summed E-state index contributed by atoms with van der Waals surface area (Å²) in [5.41, 5.74) is 0. The second kappa shape index (κ2) is 5.49. The SMILES string of the molecule is COC(=O)N1CCC(C)CC1C(=O)CBr. The highest BCUT2D eigenvalue weighted by Crippen LogP contribution is 2.24. The van der Waals surface area contributed by atoms with Crippen molar-refractivity contribution in [3.8, 4) is 0 Å². The van der Waals surface area contributed by atoms with Gasteiger partial charge >= 0.3 is 6.09 Å². The lowest BCUT2D eigenvalue weighted by Gasteiger charge is -2.36. The molecule has 2 atom stereocenters. The number of carbonyl (C=O) groups is 2. The third kappa shape index (κ3) is 2.93. The molecule has 0 aromatic carbocycles. The number of piperidine rings is 1. The van der Waals surface area contributed by atoms with Crippen molar-refractivity contribution < 1.29 is 14.3 Å². The summed E-state index contributed by atoms with van der Waals surface area (Å²) in [6, 6.07) is -0.319. The number of alkyl halides is 1. The van der Waals surface area contributed by atoms with Crippen molar-refractivity contribution in [3.05, 3.63) is 0 Å². The quantitative estimate of drug-likeness (QED) is 0.724. The van der Waals surface area contributed by atoms with Gasteiger partial charge in [0.25, 0.3) is 0 Å². The van der Waals surface area contributed by atoms with Crippen LogP contribution in [0.4, 0.5) is 4.79 Å². The predicted molar refractivity (Wildman–Crippen MR) is 60.1 cm³/mol. The number of ketones is 1. The first-order chi connectivity index (χ1) is 7.10. The molecule has 1 fully saturated rings. The normalized spacial score (nSPS) is 26.2. The third-order valence-corrected chi connectivity index (χ3v) is 3.33. The fourth-order valence-corrected chi connectivity index (χ4v) is 2.25. The van der Waals surface area contributed by atoms with Crippen LogP contribution in [0.5, 0.6) is 0 Å². The molecule has 1 aliphatic rings. The number of hydrogen-bond acceptors (Lipinski definition) is 3. The Morgan fingerprint density at radius 1 is 1.53 bits per heavy atom. The number of carbonyl (C=O) groups excluding carboxylic acids is 2. The Balaban J connectivity index is 2.74. The molecule has 0 radical (unpaired) electrons. The van der Waals surface area contributed by atoms with E-state index in [9.17, 15) is 9.59 Å². The van der Waals surface area contributed by atoms with Crippen LogP contribution >= 0.6 is 15.9 Å². The number of rotatable bonds is 2. The smallest absolute Gasteiger partial charge is 0.410 e. The van der Waals surface area contributed by atoms with E-state index in [0.29, 0.717) is 12.5 Å². The Labute approximate surface area is 98.1 Å². The second-order valence-electron chi connectivity index (χ2n) is 3.91. The molecular formula is C10H16BrNO3. The lowest BCUT2D eigenvalue weighted by molar-refractivity contribution is -0.122. The molecule has 2 unspecified atom stereocenters. The molecular weight excluding hydrogens is 262 g/mol. The highest BCUT2D eigenvalue weighted by molar-refractivity contribution is 9.09. The van der Waals surface area contributed by atoms with Gasteiger partial charge in [-0.05, 0) is 18.8 Å². The fourth-order valence-electron chi connectivity index (χ4n) is 1.87. The molecule has 1 saturated heterocycles. The van der Waals surface area contributed by atoms with Crippen molar-refractivity contribution in [1.29, 1.82) is 0 Å². The van der Waals surface area contributed by atoms with Crippen molar-refractivity contribution in [1.82, 2.24) is 4.90 Å². The number of ether oxygens (including phenoxy) is 1. The molecule has 0 spiro atoms. The van der Waals surface area contributed by atoms with E-state index >= 15 is 0 Å². The van der Waals surface area contributed by atoms with E-state index in [1.54, 1.807) is 0 Å². The number of nitrogens with zero attached hydrogens (tertiary/aromatic N) is 1. The zero-order valence-corrected chi connectivity index (χ0v) is 10.6. The molecule has 0 saturated carbocycles. The van der Waals surface area contributed by atoms with Gasteiger partial charge in [-0.1, -0.05) is 22.9 Å². The summed E-state index contributed by atoms with van der Waals surface area (Å²) in [7, 11) is 1.34. The maximum Gasteiger partial charge on any atom is 0.410 e. The molecule has 0 aromatic rings. The molecule has 5 heteroatoms. The van der Waals surface area contributed by atoms with Crippen LogP contribution in [0, 0.1) is 5.92 Å². The Kier molecular flexibility index (Phi) is 4.57. The van der Waals surface area contributed by atoms with Crippen molar-refractivity contribution in [2.75, 3.05) is 19.0 Å². The maximum absolute atomic E-state index is 11.6. The summed E-state index contributed by atoms with van der Waals surface area (Å²) < 4.78 is 4.67. The van der Waals surface area contributed by atoms with Crippen molar-refractivity contribution in [2.45, 2.75) is 25.8 Å². The van der Waals surface area contributed by atoms with Crippen LogP contribution in [0.3, 0.4) is 0 Å². The Morgan fingerprint density at radius 3 is 2.73 bits per heavy atom. The monoisotopic (exact) mass is 277 g/mol. The molecule has 0 bridgehead atoms. The molecule has 0 N–H and O–H groups in total. The minimum absolute atomic E-state index is 0.0481. The Hall–Kier alpha value is -0.580. The van der Waals surface area contributed by atoms with Crippen molar-refractivity contribution >= 4 is 27.8 Å². The topological polar surface area (TPSA) is 46.6 Å². The van der Waals surface area contributed by atoms with Crippen LogP contribution in [0.1, 0.15) is 19.8 Å². The molecule has 1 heterocycles. The molecule has 1 aliphatic heterocycles. The maximum atomic E-state index is 11.6. The molecule has 1 rings (SSSR count). The van der Waals surface area contributed by atoms with Crippen molar-refractivity contribution in [3.63, 3.8) is 0 Å². The van der Waals surface area contributed by atoms with Crippen LogP contribution < -0.4 is 0 Å². The average Bonchev–Trinajstić information content (AvgIpc) is 2.26. The molecule has 86 valence electrons. The standard InChI is InChI=1S/C10H16BrNO3/c1-7-3-4-12(10(14)15-2)8(5-7)9(13)6-11/h7-8H,3-6H2,1-2H3. The number of likely N-dealkylation sites (tertiary alicyclic amines) is 1. The van der Waals surface area contributed by atoms with Crippen molar-refractivity contribution in [2.24, 2.45) is 5.92 Å². The van der Waals surface area contributed by atoms with Crippen LogP contribution in [-0.2, 0) is 9.53 Å². The van der Waals surface area contributed by atoms with Gasteiger partial charge in [-0.3, -0.25) is 9.69 Å². The van der Waals surface area contributed by atoms with Crippen LogP contribution in [0.2, 0.25) is 0 Å². The average molecular weight is 278 g/mol. The second-order valence-corrected chi connectivity index (χ2v) is 4.47. The fraction of sp³-hybridized carbons (Fsp3) is 0.800. The van der Waals surface area contributed by atoms with Gasteiger partial charge in [0.2, 0.25) is 0 Å².